The molecular weight excluding hydrogens is 282 g/mol. The van der Waals surface area contributed by atoms with Gasteiger partial charge in [-0.15, -0.1) is 0 Å². The van der Waals surface area contributed by atoms with Crippen molar-refractivity contribution in [1.29, 1.82) is 0 Å². The lowest BCUT2D eigenvalue weighted by Crippen LogP contribution is -2.29. The molecule has 0 radical (unpaired) electrons. The van der Waals surface area contributed by atoms with E-state index in [0.717, 1.165) is 0 Å². The van der Waals surface area contributed by atoms with Crippen molar-refractivity contribution in [3.8, 4) is 0 Å². The summed E-state index contributed by atoms with van der Waals surface area (Å²) in [7, 11) is 0. The third kappa shape index (κ3) is 3.21. The van der Waals surface area contributed by atoms with E-state index in [1.54, 1.807) is 42.5 Å². The molecule has 114 valence electrons. The van der Waals surface area contributed by atoms with E-state index in [1.807, 2.05) is 0 Å². The SMILES string of the molecule is CC(=O)c1ccccc1C(=O)N(O)c1ccccc1CCO. The number of carbonyl (C=O) groups excluding carboxylic acids is 2. The molecule has 0 aliphatic heterocycles. The van der Waals surface area contributed by atoms with Gasteiger partial charge in [0.25, 0.3) is 5.91 Å². The summed E-state index contributed by atoms with van der Waals surface area (Å²) in [5, 5.41) is 19.8. The molecule has 5 heteroatoms. The monoisotopic (exact) mass is 299 g/mol. The average molecular weight is 299 g/mol. The molecule has 0 atom stereocenters. The van der Waals surface area contributed by atoms with Crippen LogP contribution < -0.4 is 5.06 Å². The van der Waals surface area contributed by atoms with Crippen LogP contribution in [0.4, 0.5) is 5.69 Å². The summed E-state index contributed by atoms with van der Waals surface area (Å²) in [6, 6.07) is 13.1. The Morgan fingerprint density at radius 3 is 2.23 bits per heavy atom. The van der Waals surface area contributed by atoms with Crippen molar-refractivity contribution in [2.24, 2.45) is 0 Å². The molecule has 0 aliphatic rings. The molecule has 2 N–H and O–H groups in total. The molecular formula is C17H17NO4. The summed E-state index contributed by atoms with van der Waals surface area (Å²) >= 11 is 0. The fraction of sp³-hybridized carbons (Fsp3) is 0.176. The van der Waals surface area contributed by atoms with E-state index in [1.165, 1.54) is 13.0 Å². The van der Waals surface area contributed by atoms with Crippen molar-refractivity contribution >= 4 is 17.4 Å². The van der Waals surface area contributed by atoms with Gasteiger partial charge in [-0.3, -0.25) is 14.8 Å². The van der Waals surface area contributed by atoms with Crippen LogP contribution in [0.5, 0.6) is 0 Å². The van der Waals surface area contributed by atoms with Gasteiger partial charge in [-0.2, -0.15) is 5.06 Å². The first kappa shape index (κ1) is 15.9. The third-order valence-corrected chi connectivity index (χ3v) is 3.33. The Hall–Kier alpha value is -2.50. The lowest BCUT2D eigenvalue weighted by molar-refractivity contribution is 0.0847. The minimum Gasteiger partial charge on any atom is -0.396 e. The number of carbonyl (C=O) groups is 2. The first-order valence-electron chi connectivity index (χ1n) is 6.88. The van der Waals surface area contributed by atoms with E-state index in [0.29, 0.717) is 22.7 Å². The van der Waals surface area contributed by atoms with Gasteiger partial charge in [0.2, 0.25) is 0 Å². The Morgan fingerprint density at radius 2 is 1.59 bits per heavy atom. The molecule has 0 heterocycles. The van der Waals surface area contributed by atoms with E-state index in [4.69, 9.17) is 5.11 Å². The van der Waals surface area contributed by atoms with Crippen molar-refractivity contribution in [1.82, 2.24) is 0 Å². The molecule has 0 saturated carbocycles. The van der Waals surface area contributed by atoms with Gasteiger partial charge in [-0.05, 0) is 31.0 Å². The summed E-state index contributed by atoms with van der Waals surface area (Å²) in [6.45, 7) is 1.27. The number of anilines is 1. The second-order valence-corrected chi connectivity index (χ2v) is 4.82. The lowest BCUT2D eigenvalue weighted by Gasteiger charge is -2.19. The Kier molecular flexibility index (Phi) is 5.04. The fourth-order valence-corrected chi connectivity index (χ4v) is 2.25. The van der Waals surface area contributed by atoms with E-state index in [2.05, 4.69) is 0 Å². The Labute approximate surface area is 128 Å². The van der Waals surface area contributed by atoms with Gasteiger partial charge >= 0.3 is 0 Å². The van der Waals surface area contributed by atoms with Crippen molar-refractivity contribution < 1.29 is 19.9 Å². The molecule has 2 aromatic carbocycles. The molecule has 0 saturated heterocycles. The van der Waals surface area contributed by atoms with E-state index >= 15 is 0 Å². The van der Waals surface area contributed by atoms with Crippen LogP contribution in [0, 0.1) is 0 Å². The normalized spacial score (nSPS) is 10.3. The third-order valence-electron chi connectivity index (χ3n) is 3.33. The van der Waals surface area contributed by atoms with Crippen LogP contribution in [0.2, 0.25) is 0 Å². The number of ketones is 1. The average Bonchev–Trinajstić information content (AvgIpc) is 2.54. The predicted octanol–water partition coefficient (Wildman–Crippen LogP) is 2.46. The number of hydrogen-bond donors (Lipinski definition) is 2. The molecule has 2 aromatic rings. The Bertz CT molecular complexity index is 697. The van der Waals surface area contributed by atoms with Crippen LogP contribution in [0.3, 0.4) is 0 Å². The number of para-hydroxylation sites is 1. The molecule has 0 spiro atoms. The number of rotatable bonds is 5. The van der Waals surface area contributed by atoms with E-state index < -0.39 is 5.91 Å². The summed E-state index contributed by atoms with van der Waals surface area (Å²) in [6.07, 6.45) is 0.314. The maximum absolute atomic E-state index is 12.5. The highest BCUT2D eigenvalue weighted by molar-refractivity contribution is 6.12. The van der Waals surface area contributed by atoms with Crippen LogP contribution in [-0.2, 0) is 6.42 Å². The standard InChI is InChI=1S/C17H17NO4/c1-12(20)14-7-3-4-8-15(14)17(21)18(22)16-9-5-2-6-13(16)10-11-19/h2-9,19,22H,10-11H2,1H3. The first-order chi connectivity index (χ1) is 10.6. The van der Waals surface area contributed by atoms with Crippen molar-refractivity contribution in [2.45, 2.75) is 13.3 Å². The zero-order chi connectivity index (χ0) is 16.1. The van der Waals surface area contributed by atoms with Crippen LogP contribution in [0.25, 0.3) is 0 Å². The lowest BCUT2D eigenvalue weighted by atomic mass is 10.0. The largest absolute Gasteiger partial charge is 0.396 e. The van der Waals surface area contributed by atoms with Crippen LogP contribution in [0.1, 0.15) is 33.2 Å². The quantitative estimate of drug-likeness (QED) is 0.505. The van der Waals surface area contributed by atoms with E-state index in [-0.39, 0.29) is 23.5 Å². The predicted molar refractivity (Wildman–Crippen MR) is 82.3 cm³/mol. The molecule has 0 bridgehead atoms. The van der Waals surface area contributed by atoms with Crippen LogP contribution in [0.15, 0.2) is 48.5 Å². The number of aliphatic hydroxyl groups is 1. The summed E-state index contributed by atoms with van der Waals surface area (Å²) < 4.78 is 0. The van der Waals surface area contributed by atoms with Gasteiger partial charge in [0.05, 0.1) is 11.3 Å². The van der Waals surface area contributed by atoms with Gasteiger partial charge in [0, 0.05) is 12.2 Å². The van der Waals surface area contributed by atoms with Gasteiger partial charge < -0.3 is 5.11 Å². The number of Topliss-reactive ketones (excluding diaryl/α,β-unsaturated/α-hetero) is 1. The number of hydrogen-bond acceptors (Lipinski definition) is 4. The van der Waals surface area contributed by atoms with E-state index in [9.17, 15) is 14.8 Å². The maximum atomic E-state index is 12.5. The van der Waals surface area contributed by atoms with Crippen molar-refractivity contribution in [2.75, 3.05) is 11.7 Å². The topological polar surface area (TPSA) is 77.8 Å². The van der Waals surface area contributed by atoms with Crippen LogP contribution >= 0.6 is 0 Å². The number of aliphatic hydroxyl groups excluding tert-OH is 1. The minimum absolute atomic E-state index is 0.0942. The molecule has 0 aromatic heterocycles. The highest BCUT2D eigenvalue weighted by Gasteiger charge is 2.21. The highest BCUT2D eigenvalue weighted by Crippen LogP contribution is 2.22. The van der Waals surface area contributed by atoms with Gasteiger partial charge in [-0.1, -0.05) is 36.4 Å². The second-order valence-electron chi connectivity index (χ2n) is 4.82. The fourth-order valence-electron chi connectivity index (χ4n) is 2.25. The maximum Gasteiger partial charge on any atom is 0.282 e. The van der Waals surface area contributed by atoms with Crippen LogP contribution in [-0.4, -0.2) is 28.6 Å². The minimum atomic E-state index is -0.684. The van der Waals surface area contributed by atoms with Gasteiger partial charge in [0.1, 0.15) is 0 Å². The Balaban J connectivity index is 2.40. The number of amides is 1. The number of nitrogens with zero attached hydrogens (tertiary/aromatic N) is 1. The van der Waals surface area contributed by atoms with Gasteiger partial charge in [-0.25, -0.2) is 0 Å². The molecule has 2 rings (SSSR count). The summed E-state index contributed by atoms with van der Waals surface area (Å²) in [4.78, 5) is 24.1. The molecule has 5 nitrogen and oxygen atoms in total. The first-order valence-corrected chi connectivity index (χ1v) is 6.88. The number of hydroxylamine groups is 1. The second kappa shape index (κ2) is 6.98. The zero-order valence-corrected chi connectivity index (χ0v) is 12.2. The Morgan fingerprint density at radius 1 is 1.00 bits per heavy atom. The van der Waals surface area contributed by atoms with Crippen molar-refractivity contribution in [3.05, 3.63) is 65.2 Å². The zero-order valence-electron chi connectivity index (χ0n) is 12.2. The molecule has 0 fully saturated rings. The summed E-state index contributed by atoms with van der Waals surface area (Å²) in [5.74, 6) is -0.933. The summed E-state index contributed by atoms with van der Waals surface area (Å²) in [5.41, 5.74) is 1.32. The highest BCUT2D eigenvalue weighted by atomic mass is 16.5. The molecule has 0 unspecified atom stereocenters. The molecule has 0 aliphatic carbocycles. The van der Waals surface area contributed by atoms with Gasteiger partial charge in [0.15, 0.2) is 5.78 Å². The molecule has 22 heavy (non-hydrogen) atoms. The molecule has 1 amide bonds. The van der Waals surface area contributed by atoms with Crippen molar-refractivity contribution in [3.63, 3.8) is 0 Å². The smallest absolute Gasteiger partial charge is 0.282 e. The number of benzene rings is 2.